The summed E-state index contributed by atoms with van der Waals surface area (Å²) in [5.74, 6) is 0.687. The van der Waals surface area contributed by atoms with E-state index in [-0.39, 0.29) is 36.3 Å². The molecule has 0 aliphatic carbocycles. The van der Waals surface area contributed by atoms with Crippen LogP contribution in [0.2, 0.25) is 0 Å². The van der Waals surface area contributed by atoms with Crippen LogP contribution in [0.4, 0.5) is 11.5 Å². The highest BCUT2D eigenvalue weighted by Gasteiger charge is 2.03. The second-order valence-corrected chi connectivity index (χ2v) is 5.79. The molecule has 0 atom stereocenters. The van der Waals surface area contributed by atoms with Crippen LogP contribution in [-0.4, -0.2) is 23.4 Å². The Kier molecular flexibility index (Phi) is 8.33. The van der Waals surface area contributed by atoms with E-state index < -0.39 is 0 Å². The highest BCUT2D eigenvalue weighted by Crippen LogP contribution is 2.13. The van der Waals surface area contributed by atoms with Gasteiger partial charge in [-0.1, -0.05) is 12.1 Å². The highest BCUT2D eigenvalue weighted by atomic mass is 127. The van der Waals surface area contributed by atoms with E-state index in [2.05, 4.69) is 26.7 Å². The Morgan fingerprint density at radius 2 is 1.76 bits per heavy atom. The molecule has 0 aliphatic rings. The maximum absolute atomic E-state index is 11.8. The molecule has 0 aliphatic heterocycles. The molecule has 0 bridgehead atoms. The molecule has 2 aromatic rings. The van der Waals surface area contributed by atoms with Crippen LogP contribution < -0.4 is 16.4 Å². The number of anilines is 2. The van der Waals surface area contributed by atoms with Crippen molar-refractivity contribution in [1.82, 2.24) is 4.98 Å². The van der Waals surface area contributed by atoms with Crippen molar-refractivity contribution in [3.63, 3.8) is 0 Å². The maximum Gasteiger partial charge on any atom is 0.227 e. The van der Waals surface area contributed by atoms with Crippen LogP contribution in [0, 0.1) is 20.8 Å². The molecule has 0 radical (unpaired) electrons. The average Bonchev–Trinajstić information content (AvgIpc) is 2.48. The second-order valence-electron chi connectivity index (χ2n) is 5.79. The molecule has 0 unspecified atom stereocenters. The SMILES string of the molecule is Cc1ccc(NC(=O)CCN=C(N)Nc2cc(C)cc(C)c2)nc1.I. The van der Waals surface area contributed by atoms with E-state index in [9.17, 15) is 4.79 Å². The number of amides is 1. The predicted molar refractivity (Wildman–Crippen MR) is 114 cm³/mol. The molecule has 0 fully saturated rings. The van der Waals surface area contributed by atoms with Gasteiger partial charge in [0.1, 0.15) is 5.82 Å². The number of hydrogen-bond acceptors (Lipinski definition) is 3. The molecule has 4 N–H and O–H groups in total. The van der Waals surface area contributed by atoms with Crippen molar-refractivity contribution in [3.8, 4) is 0 Å². The van der Waals surface area contributed by atoms with E-state index in [1.165, 1.54) is 0 Å². The van der Waals surface area contributed by atoms with Crippen LogP contribution in [0.1, 0.15) is 23.1 Å². The summed E-state index contributed by atoms with van der Waals surface area (Å²) >= 11 is 0. The van der Waals surface area contributed by atoms with Crippen LogP contribution in [0.5, 0.6) is 0 Å². The third kappa shape index (κ3) is 7.51. The monoisotopic (exact) mass is 453 g/mol. The van der Waals surface area contributed by atoms with Crippen molar-refractivity contribution in [3.05, 3.63) is 53.2 Å². The fourth-order valence-electron chi connectivity index (χ4n) is 2.26. The van der Waals surface area contributed by atoms with E-state index in [0.717, 1.165) is 22.4 Å². The molecular formula is C18H24IN5O. The Hall–Kier alpha value is -2.16. The summed E-state index contributed by atoms with van der Waals surface area (Å²) in [6, 6.07) is 9.73. The van der Waals surface area contributed by atoms with Crippen LogP contribution >= 0.6 is 24.0 Å². The number of hydrogen-bond donors (Lipinski definition) is 3. The quantitative estimate of drug-likeness (QED) is 0.368. The Labute approximate surface area is 165 Å². The number of guanidine groups is 1. The number of aromatic nitrogens is 1. The number of aryl methyl sites for hydroxylation is 3. The number of pyridine rings is 1. The smallest absolute Gasteiger partial charge is 0.227 e. The molecule has 25 heavy (non-hydrogen) atoms. The minimum absolute atomic E-state index is 0. The van der Waals surface area contributed by atoms with E-state index in [1.54, 1.807) is 12.3 Å². The fraction of sp³-hybridized carbons (Fsp3) is 0.278. The Balaban J connectivity index is 0.00000312. The van der Waals surface area contributed by atoms with Crippen molar-refractivity contribution in [2.45, 2.75) is 27.2 Å². The molecular weight excluding hydrogens is 429 g/mol. The summed E-state index contributed by atoms with van der Waals surface area (Å²) in [7, 11) is 0. The van der Waals surface area contributed by atoms with Crippen molar-refractivity contribution in [2.24, 2.45) is 10.7 Å². The molecule has 6 nitrogen and oxygen atoms in total. The Morgan fingerprint density at radius 3 is 2.36 bits per heavy atom. The molecule has 1 heterocycles. The molecule has 0 spiro atoms. The normalized spacial score (nSPS) is 10.8. The topological polar surface area (TPSA) is 92.4 Å². The summed E-state index contributed by atoms with van der Waals surface area (Å²) < 4.78 is 0. The van der Waals surface area contributed by atoms with Gasteiger partial charge in [0.2, 0.25) is 5.91 Å². The van der Waals surface area contributed by atoms with Gasteiger partial charge in [0, 0.05) is 18.3 Å². The van der Waals surface area contributed by atoms with Crippen molar-refractivity contribution >= 4 is 47.3 Å². The first-order valence-electron chi connectivity index (χ1n) is 7.80. The van der Waals surface area contributed by atoms with Crippen molar-refractivity contribution in [1.29, 1.82) is 0 Å². The molecule has 2 rings (SSSR count). The number of halogens is 1. The number of benzene rings is 1. The van der Waals surface area contributed by atoms with Gasteiger partial charge in [-0.2, -0.15) is 0 Å². The van der Waals surface area contributed by atoms with Gasteiger partial charge in [0.15, 0.2) is 5.96 Å². The molecule has 1 amide bonds. The maximum atomic E-state index is 11.8. The van der Waals surface area contributed by atoms with E-state index >= 15 is 0 Å². The first-order chi connectivity index (χ1) is 11.4. The highest BCUT2D eigenvalue weighted by molar-refractivity contribution is 14.0. The largest absolute Gasteiger partial charge is 0.370 e. The van der Waals surface area contributed by atoms with Gasteiger partial charge in [-0.3, -0.25) is 9.79 Å². The van der Waals surface area contributed by atoms with Gasteiger partial charge >= 0.3 is 0 Å². The number of nitrogens with zero attached hydrogens (tertiary/aromatic N) is 2. The third-order valence-corrected chi connectivity index (χ3v) is 3.29. The number of aliphatic imine (C=N–C) groups is 1. The minimum Gasteiger partial charge on any atom is -0.370 e. The molecule has 0 saturated heterocycles. The Bertz CT molecular complexity index is 723. The fourth-order valence-corrected chi connectivity index (χ4v) is 2.26. The zero-order valence-electron chi connectivity index (χ0n) is 14.7. The van der Waals surface area contributed by atoms with Gasteiger partial charge < -0.3 is 16.4 Å². The average molecular weight is 453 g/mol. The van der Waals surface area contributed by atoms with E-state index in [4.69, 9.17) is 5.73 Å². The lowest BCUT2D eigenvalue weighted by molar-refractivity contribution is -0.116. The van der Waals surface area contributed by atoms with Gasteiger partial charge in [-0.05, 0) is 55.7 Å². The first-order valence-corrected chi connectivity index (χ1v) is 7.80. The van der Waals surface area contributed by atoms with Crippen LogP contribution in [0.3, 0.4) is 0 Å². The minimum atomic E-state index is -0.144. The standard InChI is InChI=1S/C18H23N5O.HI/c1-12-4-5-16(21-11-12)23-17(24)6-7-20-18(19)22-15-9-13(2)8-14(3)10-15;/h4-5,8-11H,6-7H2,1-3H3,(H3,19,20,22)(H,21,23,24);1H. The Morgan fingerprint density at radius 1 is 1.08 bits per heavy atom. The number of carbonyl (C=O) groups excluding carboxylic acids is 1. The molecule has 0 saturated carbocycles. The van der Waals surface area contributed by atoms with E-state index in [1.807, 2.05) is 39.0 Å². The summed E-state index contributed by atoms with van der Waals surface area (Å²) in [5.41, 5.74) is 10.1. The molecule has 1 aromatic carbocycles. The number of carbonyl (C=O) groups is 1. The first kappa shape index (κ1) is 20.9. The summed E-state index contributed by atoms with van der Waals surface area (Å²) in [4.78, 5) is 20.2. The molecule has 1 aromatic heterocycles. The summed E-state index contributed by atoms with van der Waals surface area (Å²) in [6.07, 6.45) is 1.95. The van der Waals surface area contributed by atoms with Crippen LogP contribution in [-0.2, 0) is 4.79 Å². The van der Waals surface area contributed by atoms with Gasteiger partial charge in [-0.15, -0.1) is 24.0 Å². The second kappa shape index (κ2) is 9.97. The van der Waals surface area contributed by atoms with Crippen molar-refractivity contribution < 1.29 is 4.79 Å². The zero-order chi connectivity index (χ0) is 17.5. The lowest BCUT2D eigenvalue weighted by atomic mass is 10.1. The molecule has 7 heteroatoms. The van der Waals surface area contributed by atoms with Gasteiger partial charge in [-0.25, -0.2) is 4.98 Å². The van der Waals surface area contributed by atoms with E-state index in [0.29, 0.717) is 18.3 Å². The number of nitrogens with two attached hydrogens (primary N) is 1. The van der Waals surface area contributed by atoms with Crippen LogP contribution in [0.15, 0.2) is 41.5 Å². The predicted octanol–water partition coefficient (Wildman–Crippen LogP) is 3.38. The lowest BCUT2D eigenvalue weighted by Crippen LogP contribution is -2.23. The molecule has 134 valence electrons. The third-order valence-electron chi connectivity index (χ3n) is 3.29. The summed E-state index contributed by atoms with van der Waals surface area (Å²) in [6.45, 7) is 6.30. The summed E-state index contributed by atoms with van der Waals surface area (Å²) in [5, 5.41) is 5.76. The van der Waals surface area contributed by atoms with Gasteiger partial charge in [0.05, 0.1) is 6.54 Å². The lowest BCUT2D eigenvalue weighted by Gasteiger charge is -2.08. The number of rotatable bonds is 5. The van der Waals surface area contributed by atoms with Gasteiger partial charge in [0.25, 0.3) is 0 Å². The number of nitrogens with one attached hydrogen (secondary N) is 2. The van der Waals surface area contributed by atoms with Crippen LogP contribution in [0.25, 0.3) is 0 Å². The zero-order valence-corrected chi connectivity index (χ0v) is 17.0. The van der Waals surface area contributed by atoms with Crippen molar-refractivity contribution in [2.75, 3.05) is 17.2 Å².